The van der Waals surface area contributed by atoms with E-state index in [0.29, 0.717) is 6.42 Å². The van der Waals surface area contributed by atoms with E-state index in [1.54, 1.807) is 39.1 Å². The van der Waals surface area contributed by atoms with Crippen LogP contribution in [-0.4, -0.2) is 115 Å². The molecule has 0 radical (unpaired) electrons. The van der Waals surface area contributed by atoms with Crippen molar-refractivity contribution in [3.05, 3.63) is 35.6 Å². The van der Waals surface area contributed by atoms with Crippen molar-refractivity contribution in [2.45, 2.75) is 129 Å². The monoisotopic (exact) mass is 760 g/mol. The molecule has 1 saturated carbocycles. The summed E-state index contributed by atoms with van der Waals surface area (Å²) in [5.74, 6) is -3.95. The zero-order chi connectivity index (χ0) is 40.6. The number of hydrogen-bond acceptors (Lipinski definition) is 8. The zero-order valence-electron chi connectivity index (χ0n) is 34.1. The number of halogens is 1. The molecular formula is C41H65FN4O8. The fraction of sp³-hybridized carbons (Fsp3) is 0.732. The molecule has 0 bridgehead atoms. The minimum atomic E-state index is -1.36. The molecule has 1 saturated heterocycles. The standard InChI is InChI=1S/C41H65FN4O8/c1-12-24(6)37(45(9)40(50)28(22(2)3)20-33(47)36(43-8)23(4)5)34(53-10)21-35(48)46-31-18-27(31)19-32(46)38(54-11)25(7)39(49)44-30(41(51)52)17-26-15-13-14-16-29(26)42/h13-16,22-25,27-28,30-32,34,36-38,43H,12,17-21H2,1-11H3,(H,44,49)(H,51,52)/t24-,25+,27-,28-,30-,31-,32-,34+,36-,37-,38+/m0/s1. The molecule has 3 N–H and O–H groups in total. The first-order chi connectivity index (χ1) is 25.4. The number of carboxylic acids is 1. The number of methoxy groups -OCH3 is 2. The highest BCUT2D eigenvalue weighted by molar-refractivity contribution is 5.90. The average molecular weight is 761 g/mol. The summed E-state index contributed by atoms with van der Waals surface area (Å²) in [5, 5.41) is 15.5. The van der Waals surface area contributed by atoms with Gasteiger partial charge < -0.3 is 35.0 Å². The van der Waals surface area contributed by atoms with Gasteiger partial charge in [-0.2, -0.15) is 0 Å². The number of likely N-dealkylation sites (N-methyl/N-ethyl adjacent to an activating group) is 2. The molecule has 3 rings (SSSR count). The Morgan fingerprint density at radius 1 is 0.981 bits per heavy atom. The number of carbonyl (C=O) groups excluding carboxylic acids is 4. The Kier molecular flexibility index (Phi) is 16.6. The Labute approximate surface area is 321 Å². The van der Waals surface area contributed by atoms with Crippen molar-refractivity contribution >= 4 is 29.5 Å². The first kappa shape index (κ1) is 45.0. The van der Waals surface area contributed by atoms with Gasteiger partial charge in [-0.1, -0.05) is 73.1 Å². The van der Waals surface area contributed by atoms with Crippen LogP contribution in [0.1, 0.15) is 86.1 Å². The molecule has 11 atom stereocenters. The topological polar surface area (TPSA) is 155 Å². The summed E-state index contributed by atoms with van der Waals surface area (Å²) >= 11 is 0. The third-order valence-corrected chi connectivity index (χ3v) is 11.9. The van der Waals surface area contributed by atoms with Gasteiger partial charge in [0.15, 0.2) is 5.78 Å². The minimum Gasteiger partial charge on any atom is -0.480 e. The van der Waals surface area contributed by atoms with Crippen LogP contribution in [0.3, 0.4) is 0 Å². The summed E-state index contributed by atoms with van der Waals surface area (Å²) in [4.78, 5) is 71.1. The number of ether oxygens (including phenoxy) is 2. The van der Waals surface area contributed by atoms with Crippen molar-refractivity contribution in [3.8, 4) is 0 Å². The molecular weight excluding hydrogens is 695 g/mol. The Morgan fingerprint density at radius 2 is 1.63 bits per heavy atom. The number of nitrogens with one attached hydrogen (secondary N) is 2. The Balaban J connectivity index is 1.81. The third-order valence-electron chi connectivity index (χ3n) is 11.9. The first-order valence-corrected chi connectivity index (χ1v) is 19.5. The van der Waals surface area contributed by atoms with Gasteiger partial charge >= 0.3 is 5.97 Å². The number of carbonyl (C=O) groups is 5. The summed E-state index contributed by atoms with van der Waals surface area (Å²) in [6.07, 6.45) is 0.659. The smallest absolute Gasteiger partial charge is 0.326 e. The van der Waals surface area contributed by atoms with Crippen LogP contribution >= 0.6 is 0 Å². The highest BCUT2D eigenvalue weighted by Gasteiger charge is 2.57. The number of nitrogens with zero attached hydrogens (tertiary/aromatic N) is 2. The van der Waals surface area contributed by atoms with E-state index in [-0.39, 0.29) is 78.2 Å². The van der Waals surface area contributed by atoms with Gasteiger partial charge in [0.1, 0.15) is 11.9 Å². The molecule has 0 spiro atoms. The first-order valence-electron chi connectivity index (χ1n) is 19.5. The fourth-order valence-electron chi connectivity index (χ4n) is 8.47. The van der Waals surface area contributed by atoms with Gasteiger partial charge in [0.2, 0.25) is 17.7 Å². The molecule has 1 aromatic carbocycles. The van der Waals surface area contributed by atoms with E-state index in [2.05, 4.69) is 10.6 Å². The number of benzene rings is 1. The number of Topliss-reactive ketones (excluding diaryl/α,β-unsaturated/α-hetero) is 1. The Bertz CT molecular complexity index is 1460. The van der Waals surface area contributed by atoms with Crippen LogP contribution in [0.2, 0.25) is 0 Å². The van der Waals surface area contributed by atoms with Gasteiger partial charge in [-0.25, -0.2) is 9.18 Å². The van der Waals surface area contributed by atoms with E-state index in [9.17, 15) is 33.5 Å². The molecule has 304 valence electrons. The number of fused-ring (bicyclic) bond motifs is 1. The van der Waals surface area contributed by atoms with Gasteiger partial charge in [-0.05, 0) is 55.2 Å². The lowest BCUT2D eigenvalue weighted by molar-refractivity contribution is -0.150. The van der Waals surface area contributed by atoms with E-state index in [4.69, 9.17) is 9.47 Å². The van der Waals surface area contributed by atoms with Gasteiger partial charge in [-0.3, -0.25) is 19.2 Å². The second-order valence-corrected chi connectivity index (χ2v) is 16.2. The molecule has 54 heavy (non-hydrogen) atoms. The minimum absolute atomic E-state index is 0.00949. The average Bonchev–Trinajstić information content (AvgIpc) is 3.78. The van der Waals surface area contributed by atoms with Gasteiger partial charge in [0, 0.05) is 46.1 Å². The summed E-state index contributed by atoms with van der Waals surface area (Å²) < 4.78 is 26.3. The second-order valence-electron chi connectivity index (χ2n) is 16.2. The lowest BCUT2D eigenvalue weighted by Gasteiger charge is -2.41. The predicted octanol–water partition coefficient (Wildman–Crippen LogP) is 4.33. The van der Waals surface area contributed by atoms with E-state index in [1.807, 2.05) is 46.4 Å². The predicted molar refractivity (Wildman–Crippen MR) is 204 cm³/mol. The van der Waals surface area contributed by atoms with Gasteiger partial charge in [-0.15, -0.1) is 0 Å². The highest BCUT2D eigenvalue weighted by Crippen LogP contribution is 2.50. The maximum atomic E-state index is 14.4. The normalized spacial score (nSPS) is 22.4. The van der Waals surface area contributed by atoms with E-state index < -0.39 is 59.9 Å². The highest BCUT2D eigenvalue weighted by atomic mass is 19.1. The zero-order valence-corrected chi connectivity index (χ0v) is 34.1. The molecule has 2 aliphatic rings. The summed E-state index contributed by atoms with van der Waals surface area (Å²) in [6, 6.07) is 3.19. The molecule has 1 heterocycles. The number of ketones is 1. The molecule has 3 amide bonds. The number of piperidine rings is 1. The van der Waals surface area contributed by atoms with Gasteiger partial charge in [0.05, 0.1) is 42.7 Å². The van der Waals surface area contributed by atoms with E-state index in [1.165, 1.54) is 25.3 Å². The molecule has 1 aliphatic heterocycles. The molecule has 12 nitrogen and oxygen atoms in total. The summed E-state index contributed by atoms with van der Waals surface area (Å²) in [7, 11) is 6.51. The van der Waals surface area contributed by atoms with Crippen molar-refractivity contribution in [3.63, 3.8) is 0 Å². The summed E-state index contributed by atoms with van der Waals surface area (Å²) in [6.45, 7) is 13.5. The maximum absolute atomic E-state index is 14.4. The van der Waals surface area contributed by atoms with Crippen molar-refractivity contribution < 1.29 is 42.9 Å². The summed E-state index contributed by atoms with van der Waals surface area (Å²) in [5.41, 5.74) is 0.173. The largest absolute Gasteiger partial charge is 0.480 e. The second kappa shape index (κ2) is 20.0. The van der Waals surface area contributed by atoms with Crippen molar-refractivity contribution in [2.24, 2.45) is 35.5 Å². The van der Waals surface area contributed by atoms with Crippen molar-refractivity contribution in [1.82, 2.24) is 20.4 Å². The number of rotatable bonds is 22. The van der Waals surface area contributed by atoms with Crippen LogP contribution in [0.5, 0.6) is 0 Å². The molecule has 1 aromatic rings. The van der Waals surface area contributed by atoms with Gasteiger partial charge in [0.25, 0.3) is 0 Å². The SMILES string of the molecule is CC[C@H](C)[C@@H]([C@@H](CC(=O)N1[C@H]2C[C@H]2C[C@H]1[C@H](OC)[C@@H](C)C(=O)N[C@@H](Cc1ccccc1F)C(=O)O)OC)N(C)C(=O)[C@@H](CC(=O)[C@@H](NC)C(C)C)C(C)C. The van der Waals surface area contributed by atoms with E-state index >= 15 is 0 Å². The molecule has 13 heteroatoms. The lowest BCUT2D eigenvalue weighted by Crippen LogP contribution is -2.55. The Hall–Kier alpha value is -3.42. The number of carboxylic acid groups (broad SMARTS) is 1. The van der Waals surface area contributed by atoms with Crippen LogP contribution in [0, 0.1) is 41.3 Å². The third kappa shape index (κ3) is 10.7. The maximum Gasteiger partial charge on any atom is 0.326 e. The fourth-order valence-corrected chi connectivity index (χ4v) is 8.47. The van der Waals surface area contributed by atoms with E-state index in [0.717, 1.165) is 12.8 Å². The molecule has 1 aliphatic carbocycles. The quantitative estimate of drug-likeness (QED) is 0.157. The van der Waals surface area contributed by atoms with Crippen LogP contribution in [0.4, 0.5) is 4.39 Å². The number of hydrogen-bond donors (Lipinski definition) is 3. The molecule has 0 aromatic heterocycles. The number of aliphatic carboxylic acids is 1. The lowest BCUT2D eigenvalue weighted by atomic mass is 9.84. The van der Waals surface area contributed by atoms with Crippen LogP contribution < -0.4 is 10.6 Å². The Morgan fingerprint density at radius 3 is 2.15 bits per heavy atom. The van der Waals surface area contributed by atoms with Crippen LogP contribution in [-0.2, 0) is 39.9 Å². The van der Waals surface area contributed by atoms with Crippen molar-refractivity contribution in [1.29, 1.82) is 0 Å². The molecule has 0 unspecified atom stereocenters. The number of likely N-dealkylation sites (tertiary alicyclic amines) is 1. The number of amides is 3. The molecule has 2 fully saturated rings. The van der Waals surface area contributed by atoms with Crippen LogP contribution in [0.25, 0.3) is 0 Å². The van der Waals surface area contributed by atoms with Crippen molar-refractivity contribution in [2.75, 3.05) is 28.3 Å². The van der Waals surface area contributed by atoms with Crippen LogP contribution in [0.15, 0.2) is 24.3 Å².